The third-order valence-electron chi connectivity index (χ3n) is 4.21. The Bertz CT molecular complexity index is 942. The minimum Gasteiger partial charge on any atom is -0.399 e. The van der Waals surface area contributed by atoms with Crippen LogP contribution in [-0.2, 0) is 0 Å². The summed E-state index contributed by atoms with van der Waals surface area (Å²) in [4.78, 5) is 0. The molecular formula is C26H26N4. The molecule has 4 nitrogen and oxygen atoms in total. The third-order valence-corrected chi connectivity index (χ3v) is 4.21. The van der Waals surface area contributed by atoms with Crippen LogP contribution in [0.3, 0.4) is 0 Å². The quantitative estimate of drug-likeness (QED) is 0.274. The highest BCUT2D eigenvalue weighted by molar-refractivity contribution is 5.71. The first-order valence-corrected chi connectivity index (χ1v) is 9.27. The summed E-state index contributed by atoms with van der Waals surface area (Å²) in [5.41, 5.74) is 30.3. The van der Waals surface area contributed by atoms with E-state index in [9.17, 15) is 0 Å². The van der Waals surface area contributed by atoms with Gasteiger partial charge in [0, 0.05) is 22.7 Å². The van der Waals surface area contributed by atoms with Gasteiger partial charge in [0.15, 0.2) is 0 Å². The number of hydrogen-bond donors (Lipinski definition) is 4. The zero-order valence-corrected chi connectivity index (χ0v) is 16.7. The number of nitrogens with two attached hydrogens (primary N) is 4. The number of hydrogen-bond acceptors (Lipinski definition) is 4. The fraction of sp³-hybridized carbons (Fsp3) is 0. The fourth-order valence-corrected chi connectivity index (χ4v) is 2.87. The molecule has 4 heteroatoms. The first-order chi connectivity index (χ1) is 14.5. The van der Waals surface area contributed by atoms with E-state index in [-0.39, 0.29) is 0 Å². The van der Waals surface area contributed by atoms with E-state index < -0.39 is 0 Å². The van der Waals surface area contributed by atoms with Gasteiger partial charge in [-0.2, -0.15) is 0 Å². The summed E-state index contributed by atoms with van der Waals surface area (Å²) >= 11 is 0. The molecule has 150 valence electrons. The second-order valence-electron chi connectivity index (χ2n) is 6.50. The van der Waals surface area contributed by atoms with Gasteiger partial charge in [0.1, 0.15) is 0 Å². The highest BCUT2D eigenvalue weighted by Crippen LogP contribution is 2.23. The SMILES string of the molecule is C#C.Nc1cccc(-c2cccc(N)c2)c1.Nc1cccc(-c2cccc(N)c2)c1. The normalized spacial score (nSPS) is 9.40. The van der Waals surface area contributed by atoms with Crippen molar-refractivity contribution in [3.8, 4) is 35.1 Å². The second-order valence-corrected chi connectivity index (χ2v) is 6.50. The summed E-state index contributed by atoms with van der Waals surface area (Å²) in [6, 6.07) is 31.1. The van der Waals surface area contributed by atoms with Gasteiger partial charge in [-0.15, -0.1) is 12.8 Å². The van der Waals surface area contributed by atoms with E-state index in [1.54, 1.807) is 0 Å². The van der Waals surface area contributed by atoms with E-state index in [4.69, 9.17) is 22.9 Å². The van der Waals surface area contributed by atoms with Gasteiger partial charge >= 0.3 is 0 Å². The van der Waals surface area contributed by atoms with Crippen LogP contribution in [0.2, 0.25) is 0 Å². The number of benzene rings is 4. The fourth-order valence-electron chi connectivity index (χ4n) is 2.87. The lowest BCUT2D eigenvalue weighted by Gasteiger charge is -2.03. The van der Waals surface area contributed by atoms with Crippen LogP contribution in [0.1, 0.15) is 0 Å². The van der Waals surface area contributed by atoms with Gasteiger partial charge in [-0.3, -0.25) is 0 Å². The van der Waals surface area contributed by atoms with Crippen LogP contribution in [0.4, 0.5) is 22.7 Å². The molecule has 8 N–H and O–H groups in total. The molecule has 0 fully saturated rings. The third kappa shape index (κ3) is 6.36. The summed E-state index contributed by atoms with van der Waals surface area (Å²) in [5, 5.41) is 0. The van der Waals surface area contributed by atoms with E-state index >= 15 is 0 Å². The van der Waals surface area contributed by atoms with Gasteiger partial charge in [0.25, 0.3) is 0 Å². The second kappa shape index (κ2) is 10.8. The van der Waals surface area contributed by atoms with Crippen LogP contribution in [-0.4, -0.2) is 0 Å². The van der Waals surface area contributed by atoms with Crippen LogP contribution >= 0.6 is 0 Å². The number of anilines is 4. The van der Waals surface area contributed by atoms with Gasteiger partial charge in [-0.05, 0) is 70.8 Å². The standard InChI is InChI=1S/2C12H12N2.C2H2/c2*13-11-5-1-3-9(7-11)10-4-2-6-12(14)8-10;1-2/h2*1-8H,13-14H2;1-2H. The largest absolute Gasteiger partial charge is 0.399 e. The molecule has 0 saturated carbocycles. The van der Waals surface area contributed by atoms with Crippen LogP contribution in [0.25, 0.3) is 22.3 Å². The Morgan fingerprint density at radius 1 is 0.367 bits per heavy atom. The zero-order valence-electron chi connectivity index (χ0n) is 16.7. The summed E-state index contributed by atoms with van der Waals surface area (Å²) in [6.07, 6.45) is 8.00. The van der Waals surface area contributed by atoms with Crippen molar-refractivity contribution in [1.29, 1.82) is 0 Å². The summed E-state index contributed by atoms with van der Waals surface area (Å²) in [6.45, 7) is 0. The number of nitrogen functional groups attached to an aromatic ring is 4. The predicted molar refractivity (Wildman–Crippen MR) is 131 cm³/mol. The molecule has 0 radical (unpaired) electrons. The minimum atomic E-state index is 0.768. The minimum absolute atomic E-state index is 0.768. The van der Waals surface area contributed by atoms with Gasteiger partial charge in [0.05, 0.1) is 0 Å². The maximum Gasteiger partial charge on any atom is 0.0320 e. The molecule has 0 saturated heterocycles. The van der Waals surface area contributed by atoms with Crippen LogP contribution < -0.4 is 22.9 Å². The molecule has 4 rings (SSSR count). The van der Waals surface area contributed by atoms with Crippen molar-refractivity contribution in [2.45, 2.75) is 0 Å². The van der Waals surface area contributed by atoms with Crippen molar-refractivity contribution < 1.29 is 0 Å². The van der Waals surface area contributed by atoms with Crippen LogP contribution in [0, 0.1) is 12.8 Å². The van der Waals surface area contributed by atoms with Crippen LogP contribution in [0.15, 0.2) is 97.1 Å². The molecular weight excluding hydrogens is 368 g/mol. The molecule has 0 aromatic heterocycles. The first-order valence-electron chi connectivity index (χ1n) is 9.27. The average molecular weight is 395 g/mol. The molecule has 0 atom stereocenters. The number of rotatable bonds is 2. The van der Waals surface area contributed by atoms with E-state index in [1.807, 2.05) is 97.1 Å². The Kier molecular flexibility index (Phi) is 7.93. The van der Waals surface area contributed by atoms with Gasteiger partial charge in [-0.25, -0.2) is 0 Å². The van der Waals surface area contributed by atoms with Gasteiger partial charge in [-0.1, -0.05) is 48.5 Å². The molecule has 0 aliphatic carbocycles. The van der Waals surface area contributed by atoms with E-state index in [0.29, 0.717) is 0 Å². The van der Waals surface area contributed by atoms with Crippen molar-refractivity contribution in [2.24, 2.45) is 0 Å². The van der Waals surface area contributed by atoms with Gasteiger partial charge in [0.2, 0.25) is 0 Å². The molecule has 0 amide bonds. The Morgan fingerprint density at radius 2 is 0.567 bits per heavy atom. The predicted octanol–water partition coefficient (Wildman–Crippen LogP) is 5.29. The van der Waals surface area contributed by atoms with Crippen molar-refractivity contribution in [1.82, 2.24) is 0 Å². The smallest absolute Gasteiger partial charge is 0.0320 e. The summed E-state index contributed by atoms with van der Waals surface area (Å²) < 4.78 is 0. The van der Waals surface area contributed by atoms with E-state index in [2.05, 4.69) is 12.8 Å². The molecule has 0 heterocycles. The maximum atomic E-state index is 5.70. The van der Waals surface area contributed by atoms with Crippen molar-refractivity contribution in [2.75, 3.05) is 22.9 Å². The number of terminal acetylenes is 1. The summed E-state index contributed by atoms with van der Waals surface area (Å²) in [5.74, 6) is 0. The molecule has 0 spiro atoms. The van der Waals surface area contributed by atoms with E-state index in [1.165, 1.54) is 0 Å². The Morgan fingerprint density at radius 3 is 0.733 bits per heavy atom. The lowest BCUT2D eigenvalue weighted by Crippen LogP contribution is -1.87. The Balaban J connectivity index is 0.000000197. The molecule has 4 aromatic carbocycles. The summed E-state index contributed by atoms with van der Waals surface area (Å²) in [7, 11) is 0. The molecule has 0 unspecified atom stereocenters. The Hall–Kier alpha value is -4.36. The van der Waals surface area contributed by atoms with E-state index in [0.717, 1.165) is 45.0 Å². The van der Waals surface area contributed by atoms with Crippen molar-refractivity contribution in [3.05, 3.63) is 97.1 Å². The van der Waals surface area contributed by atoms with Gasteiger partial charge < -0.3 is 22.9 Å². The Labute approximate surface area is 178 Å². The zero-order chi connectivity index (χ0) is 21.9. The lowest BCUT2D eigenvalue weighted by molar-refractivity contribution is 1.61. The van der Waals surface area contributed by atoms with Crippen molar-refractivity contribution >= 4 is 22.7 Å². The lowest BCUT2D eigenvalue weighted by atomic mass is 10.0. The highest BCUT2D eigenvalue weighted by atomic mass is 14.6. The molecule has 4 aromatic rings. The monoisotopic (exact) mass is 394 g/mol. The average Bonchev–Trinajstić information content (AvgIpc) is 2.76. The molecule has 0 aliphatic heterocycles. The first kappa shape index (κ1) is 21.9. The molecule has 30 heavy (non-hydrogen) atoms. The van der Waals surface area contributed by atoms with Crippen molar-refractivity contribution in [3.63, 3.8) is 0 Å². The molecule has 0 bridgehead atoms. The highest BCUT2D eigenvalue weighted by Gasteiger charge is 1.98. The molecule has 0 aliphatic rings. The maximum absolute atomic E-state index is 5.70. The topological polar surface area (TPSA) is 104 Å². The van der Waals surface area contributed by atoms with Crippen LogP contribution in [0.5, 0.6) is 0 Å².